The van der Waals surface area contributed by atoms with Crippen molar-refractivity contribution in [2.24, 2.45) is 0 Å². The van der Waals surface area contributed by atoms with Crippen molar-refractivity contribution >= 4 is 38.8 Å². The van der Waals surface area contributed by atoms with Crippen molar-refractivity contribution in [2.75, 3.05) is 36.4 Å². The van der Waals surface area contributed by atoms with Crippen LogP contribution in [0.1, 0.15) is 5.56 Å². The van der Waals surface area contributed by atoms with Gasteiger partial charge in [-0.2, -0.15) is 4.31 Å². The second kappa shape index (κ2) is 7.82. The molecule has 0 aliphatic carbocycles. The number of pyridine rings is 1. The van der Waals surface area contributed by atoms with E-state index >= 15 is 0 Å². The minimum Gasteiger partial charge on any atom is -0.354 e. The molecule has 1 aliphatic rings. The number of thiophene rings is 1. The fourth-order valence-electron chi connectivity index (χ4n) is 3.02. The number of piperazine rings is 1. The Morgan fingerprint density at radius 1 is 1.04 bits per heavy atom. The van der Waals surface area contributed by atoms with Crippen LogP contribution >= 0.6 is 11.3 Å². The second-order valence-electron chi connectivity index (χ2n) is 6.43. The predicted molar refractivity (Wildman–Crippen MR) is 110 cm³/mol. The van der Waals surface area contributed by atoms with E-state index in [1.165, 1.54) is 22.0 Å². The summed E-state index contributed by atoms with van der Waals surface area (Å²) in [4.78, 5) is 14.9. The summed E-state index contributed by atoms with van der Waals surface area (Å²) in [6, 6.07) is 9.13. The zero-order chi connectivity index (χ0) is 19.6. The van der Waals surface area contributed by atoms with Gasteiger partial charge >= 0.3 is 0 Å². The van der Waals surface area contributed by atoms with Gasteiger partial charge in [0, 0.05) is 38.4 Å². The summed E-state index contributed by atoms with van der Waals surface area (Å²) in [5.74, 6) is 2.13. The Balaban J connectivity index is 1.44. The van der Waals surface area contributed by atoms with Gasteiger partial charge in [-0.25, -0.2) is 23.4 Å². The fraction of sp³-hybridized carbons (Fsp3) is 0.278. The van der Waals surface area contributed by atoms with Gasteiger partial charge in [0.25, 0.3) is 10.0 Å². The summed E-state index contributed by atoms with van der Waals surface area (Å²) in [6.07, 6.45) is 3.25. The van der Waals surface area contributed by atoms with Crippen molar-refractivity contribution in [1.82, 2.24) is 19.3 Å². The molecule has 3 aromatic rings. The maximum absolute atomic E-state index is 12.7. The van der Waals surface area contributed by atoms with Crippen molar-refractivity contribution in [3.05, 3.63) is 53.8 Å². The maximum atomic E-state index is 12.7. The molecule has 28 heavy (non-hydrogen) atoms. The largest absolute Gasteiger partial charge is 0.354 e. The number of hydrogen-bond acceptors (Lipinski definition) is 8. The monoisotopic (exact) mass is 416 g/mol. The lowest BCUT2D eigenvalue weighted by molar-refractivity contribution is 0.385. The zero-order valence-corrected chi connectivity index (χ0v) is 16.9. The lowest BCUT2D eigenvalue weighted by Crippen LogP contribution is -2.48. The lowest BCUT2D eigenvalue weighted by Gasteiger charge is -2.34. The van der Waals surface area contributed by atoms with E-state index in [1.807, 2.05) is 25.1 Å². The Morgan fingerprint density at radius 3 is 2.54 bits per heavy atom. The molecule has 0 bridgehead atoms. The number of nitrogens with zero attached hydrogens (tertiary/aromatic N) is 5. The summed E-state index contributed by atoms with van der Waals surface area (Å²) in [6.45, 7) is 3.99. The minimum atomic E-state index is -3.41. The van der Waals surface area contributed by atoms with Gasteiger partial charge in [0.2, 0.25) is 0 Å². The van der Waals surface area contributed by atoms with Gasteiger partial charge in [0.05, 0.1) is 0 Å². The molecule has 0 aromatic carbocycles. The summed E-state index contributed by atoms with van der Waals surface area (Å²) in [5.41, 5.74) is 1.11. The smallest absolute Gasteiger partial charge is 0.252 e. The molecule has 0 unspecified atom stereocenters. The van der Waals surface area contributed by atoms with Crippen LogP contribution in [0, 0.1) is 6.92 Å². The molecule has 0 amide bonds. The van der Waals surface area contributed by atoms with E-state index in [4.69, 9.17) is 0 Å². The van der Waals surface area contributed by atoms with Crippen LogP contribution in [-0.4, -0.2) is 53.9 Å². The van der Waals surface area contributed by atoms with E-state index in [0.717, 1.165) is 17.2 Å². The summed E-state index contributed by atoms with van der Waals surface area (Å²) >= 11 is 1.25. The number of sulfonamides is 1. The lowest BCUT2D eigenvalue weighted by atomic mass is 10.3. The zero-order valence-electron chi connectivity index (χ0n) is 15.3. The topological polar surface area (TPSA) is 91.3 Å². The molecule has 0 saturated carbocycles. The molecule has 1 saturated heterocycles. The maximum Gasteiger partial charge on any atom is 0.252 e. The standard InChI is InChI=1S/C18H20N6O2S2/c1-14-4-5-19-15(11-14)22-16-12-17(21-13-20-16)23-6-8-24(9-7-23)28(25,26)18-3-2-10-27-18/h2-5,10-13H,6-9H2,1H3,(H,19,20,21,22). The highest BCUT2D eigenvalue weighted by Gasteiger charge is 2.29. The molecule has 10 heteroatoms. The van der Waals surface area contributed by atoms with Gasteiger partial charge in [-0.3, -0.25) is 0 Å². The van der Waals surface area contributed by atoms with E-state index < -0.39 is 10.0 Å². The molecule has 1 aliphatic heterocycles. The molecule has 1 N–H and O–H groups in total. The molecule has 4 heterocycles. The first-order valence-corrected chi connectivity index (χ1v) is 11.1. The van der Waals surface area contributed by atoms with E-state index in [2.05, 4.69) is 25.2 Å². The first-order chi connectivity index (χ1) is 13.5. The highest BCUT2D eigenvalue weighted by atomic mass is 32.2. The second-order valence-corrected chi connectivity index (χ2v) is 9.54. The van der Waals surface area contributed by atoms with Crippen molar-refractivity contribution in [1.29, 1.82) is 0 Å². The summed E-state index contributed by atoms with van der Waals surface area (Å²) in [7, 11) is -3.41. The van der Waals surface area contributed by atoms with Crippen molar-refractivity contribution in [3.8, 4) is 0 Å². The fourth-order valence-corrected chi connectivity index (χ4v) is 5.59. The van der Waals surface area contributed by atoms with Crippen LogP contribution in [0.4, 0.5) is 17.5 Å². The third-order valence-electron chi connectivity index (χ3n) is 4.48. The van der Waals surface area contributed by atoms with Gasteiger partial charge in [0.1, 0.15) is 28.0 Å². The molecule has 3 aromatic heterocycles. The van der Waals surface area contributed by atoms with Crippen LogP contribution in [0.15, 0.2) is 52.4 Å². The number of anilines is 3. The van der Waals surface area contributed by atoms with E-state index in [9.17, 15) is 8.42 Å². The van der Waals surface area contributed by atoms with Crippen LogP contribution in [0.5, 0.6) is 0 Å². The van der Waals surface area contributed by atoms with E-state index in [0.29, 0.717) is 36.2 Å². The molecule has 0 atom stereocenters. The molecule has 8 nitrogen and oxygen atoms in total. The number of nitrogens with one attached hydrogen (secondary N) is 1. The average Bonchev–Trinajstić information content (AvgIpc) is 3.24. The van der Waals surface area contributed by atoms with Crippen LogP contribution < -0.4 is 10.2 Å². The molecule has 0 radical (unpaired) electrons. The summed E-state index contributed by atoms with van der Waals surface area (Å²) < 4.78 is 27.2. The Kier molecular flexibility index (Phi) is 5.25. The van der Waals surface area contributed by atoms with Crippen LogP contribution in [0.2, 0.25) is 0 Å². The van der Waals surface area contributed by atoms with Crippen molar-refractivity contribution in [2.45, 2.75) is 11.1 Å². The van der Waals surface area contributed by atoms with Crippen LogP contribution in [0.25, 0.3) is 0 Å². The Hall–Kier alpha value is -2.56. The Labute approximate surface area is 167 Å². The highest BCUT2D eigenvalue weighted by Crippen LogP contribution is 2.24. The molecule has 1 fully saturated rings. The molecular formula is C18H20N6O2S2. The third-order valence-corrected chi connectivity index (χ3v) is 7.75. The molecule has 4 rings (SSSR count). The quantitative estimate of drug-likeness (QED) is 0.683. The van der Waals surface area contributed by atoms with Crippen LogP contribution in [0.3, 0.4) is 0 Å². The summed E-state index contributed by atoms with van der Waals surface area (Å²) in [5, 5.41) is 4.96. The Bertz CT molecular complexity index is 1050. The molecule has 0 spiro atoms. The van der Waals surface area contributed by atoms with Gasteiger partial charge < -0.3 is 10.2 Å². The molecular weight excluding hydrogens is 396 g/mol. The minimum absolute atomic E-state index is 0.389. The van der Waals surface area contributed by atoms with E-state index in [-0.39, 0.29) is 0 Å². The van der Waals surface area contributed by atoms with Crippen LogP contribution in [-0.2, 0) is 10.0 Å². The predicted octanol–water partition coefficient (Wildman–Crippen LogP) is 2.50. The first-order valence-electron chi connectivity index (χ1n) is 8.83. The number of rotatable bonds is 5. The van der Waals surface area contributed by atoms with Gasteiger partial charge in [-0.05, 0) is 36.1 Å². The van der Waals surface area contributed by atoms with Gasteiger partial charge in [-0.1, -0.05) is 6.07 Å². The van der Waals surface area contributed by atoms with Gasteiger partial charge in [-0.15, -0.1) is 11.3 Å². The highest BCUT2D eigenvalue weighted by molar-refractivity contribution is 7.91. The third kappa shape index (κ3) is 3.98. The normalized spacial score (nSPS) is 15.5. The first kappa shape index (κ1) is 18.8. The number of aromatic nitrogens is 3. The number of hydrogen-bond donors (Lipinski definition) is 1. The SMILES string of the molecule is Cc1ccnc(Nc2cc(N3CCN(S(=O)(=O)c4cccs4)CC3)ncn2)c1. The Morgan fingerprint density at radius 2 is 1.82 bits per heavy atom. The molecule has 146 valence electrons. The average molecular weight is 417 g/mol. The van der Waals surface area contributed by atoms with Gasteiger partial charge in [0.15, 0.2) is 0 Å². The number of aryl methyl sites for hydroxylation is 1. The van der Waals surface area contributed by atoms with E-state index in [1.54, 1.807) is 23.7 Å². The van der Waals surface area contributed by atoms with Crippen molar-refractivity contribution in [3.63, 3.8) is 0 Å². The van der Waals surface area contributed by atoms with Crippen molar-refractivity contribution < 1.29 is 8.42 Å².